The topological polar surface area (TPSA) is 95.2 Å². The van der Waals surface area contributed by atoms with Crippen LogP contribution in [0.2, 0.25) is 0 Å². The summed E-state index contributed by atoms with van der Waals surface area (Å²) in [6.45, 7) is 3.59. The number of hydrogen-bond donors (Lipinski definition) is 2. The van der Waals surface area contributed by atoms with Crippen LogP contribution in [0.25, 0.3) is 0 Å². The van der Waals surface area contributed by atoms with Gasteiger partial charge in [0, 0.05) is 0 Å². The molecule has 0 aromatic carbocycles. The molecule has 2 atom stereocenters. The van der Waals surface area contributed by atoms with Crippen LogP contribution in [0.4, 0.5) is 4.79 Å². The molecule has 0 bridgehead atoms. The molecule has 0 aromatic heterocycles. The SMILES string of the molecule is CCC(C)[C@H](NC(=O)[O-])C(N)=O.[K+]. The maximum absolute atomic E-state index is 10.7. The summed E-state index contributed by atoms with van der Waals surface area (Å²) in [6.07, 6.45) is -0.799. The van der Waals surface area contributed by atoms with E-state index in [-0.39, 0.29) is 57.3 Å². The summed E-state index contributed by atoms with van der Waals surface area (Å²) in [7, 11) is 0. The molecule has 0 saturated heterocycles. The quantitative estimate of drug-likeness (QED) is 0.463. The monoisotopic (exact) mass is 212 g/mol. The number of rotatable bonds is 4. The van der Waals surface area contributed by atoms with Gasteiger partial charge >= 0.3 is 51.4 Å². The number of primary amides is 1. The van der Waals surface area contributed by atoms with Crippen molar-refractivity contribution >= 4 is 12.0 Å². The van der Waals surface area contributed by atoms with E-state index in [1.165, 1.54) is 0 Å². The Morgan fingerprint density at radius 3 is 2.23 bits per heavy atom. The van der Waals surface area contributed by atoms with Gasteiger partial charge in [-0.1, -0.05) is 20.3 Å². The van der Waals surface area contributed by atoms with Gasteiger partial charge in [0.2, 0.25) is 5.91 Å². The van der Waals surface area contributed by atoms with E-state index in [4.69, 9.17) is 5.73 Å². The van der Waals surface area contributed by atoms with E-state index in [9.17, 15) is 14.7 Å². The van der Waals surface area contributed by atoms with Crippen molar-refractivity contribution < 1.29 is 66.1 Å². The smallest absolute Gasteiger partial charge is 0.530 e. The summed E-state index contributed by atoms with van der Waals surface area (Å²) in [5, 5.41) is 12.1. The number of carbonyl (C=O) groups is 2. The third-order valence-corrected chi connectivity index (χ3v) is 1.79. The van der Waals surface area contributed by atoms with Crippen LogP contribution >= 0.6 is 0 Å². The van der Waals surface area contributed by atoms with Crippen molar-refractivity contribution in [2.75, 3.05) is 0 Å². The Morgan fingerprint density at radius 2 is 2.00 bits per heavy atom. The van der Waals surface area contributed by atoms with Gasteiger partial charge in [-0.05, 0) is 5.92 Å². The number of carbonyl (C=O) groups excluding carboxylic acids is 2. The molecule has 70 valence electrons. The molecule has 0 saturated carbocycles. The van der Waals surface area contributed by atoms with Crippen LogP contribution in [0, 0.1) is 5.92 Å². The van der Waals surface area contributed by atoms with Gasteiger partial charge in [-0.2, -0.15) is 0 Å². The van der Waals surface area contributed by atoms with Crippen LogP contribution in [0.1, 0.15) is 20.3 Å². The molecule has 0 aliphatic heterocycles. The Morgan fingerprint density at radius 1 is 1.54 bits per heavy atom. The molecule has 0 aromatic rings. The van der Waals surface area contributed by atoms with E-state index in [0.717, 1.165) is 0 Å². The van der Waals surface area contributed by atoms with Gasteiger partial charge in [0.1, 0.15) is 12.1 Å². The van der Waals surface area contributed by atoms with E-state index in [2.05, 4.69) is 0 Å². The first kappa shape index (κ1) is 15.8. The number of carboxylic acid groups (broad SMARTS) is 1. The van der Waals surface area contributed by atoms with Gasteiger partial charge in [-0.3, -0.25) is 4.79 Å². The summed E-state index contributed by atoms with van der Waals surface area (Å²) in [4.78, 5) is 20.8. The summed E-state index contributed by atoms with van der Waals surface area (Å²) in [5.41, 5.74) is 4.97. The van der Waals surface area contributed by atoms with Crippen LogP contribution in [0.15, 0.2) is 0 Å². The third-order valence-electron chi connectivity index (χ3n) is 1.79. The molecule has 0 aliphatic rings. The molecular formula is C7H13KN2O3. The number of hydrogen-bond acceptors (Lipinski definition) is 3. The van der Waals surface area contributed by atoms with Gasteiger partial charge in [-0.25, -0.2) is 0 Å². The first-order valence-electron chi connectivity index (χ1n) is 3.75. The zero-order valence-electron chi connectivity index (χ0n) is 8.16. The van der Waals surface area contributed by atoms with E-state index in [0.29, 0.717) is 6.42 Å². The summed E-state index contributed by atoms with van der Waals surface area (Å²) in [6, 6.07) is -0.847. The van der Waals surface area contributed by atoms with E-state index in [1.54, 1.807) is 6.92 Å². The number of amides is 2. The fraction of sp³-hybridized carbons (Fsp3) is 0.714. The molecule has 2 amide bonds. The van der Waals surface area contributed by atoms with Gasteiger partial charge in [0.15, 0.2) is 0 Å². The predicted octanol–water partition coefficient (Wildman–Crippen LogP) is -4.18. The maximum Gasteiger partial charge on any atom is 1.00 e. The molecule has 13 heavy (non-hydrogen) atoms. The summed E-state index contributed by atoms with van der Waals surface area (Å²) >= 11 is 0. The first-order valence-corrected chi connectivity index (χ1v) is 3.75. The molecule has 0 fully saturated rings. The van der Waals surface area contributed by atoms with Crippen molar-refractivity contribution in [3.05, 3.63) is 0 Å². The average molecular weight is 212 g/mol. The van der Waals surface area contributed by atoms with Crippen LogP contribution in [-0.4, -0.2) is 18.0 Å². The van der Waals surface area contributed by atoms with Crippen LogP contribution in [0.5, 0.6) is 0 Å². The van der Waals surface area contributed by atoms with Crippen molar-refractivity contribution in [2.24, 2.45) is 11.7 Å². The van der Waals surface area contributed by atoms with Gasteiger partial charge in [0.25, 0.3) is 0 Å². The summed E-state index contributed by atoms with van der Waals surface area (Å²) < 4.78 is 0. The Hall–Kier alpha value is 0.376. The zero-order valence-corrected chi connectivity index (χ0v) is 11.3. The second kappa shape index (κ2) is 7.75. The molecule has 1 unspecified atom stereocenters. The largest absolute Gasteiger partial charge is 1.00 e. The van der Waals surface area contributed by atoms with E-state index >= 15 is 0 Å². The van der Waals surface area contributed by atoms with Crippen LogP contribution < -0.4 is 67.5 Å². The minimum Gasteiger partial charge on any atom is -0.530 e. The second-order valence-electron chi connectivity index (χ2n) is 2.70. The van der Waals surface area contributed by atoms with Crippen molar-refractivity contribution in [1.82, 2.24) is 5.32 Å². The maximum atomic E-state index is 10.7. The minimum absolute atomic E-state index is 0. The van der Waals surface area contributed by atoms with Crippen LogP contribution in [-0.2, 0) is 4.79 Å². The van der Waals surface area contributed by atoms with Crippen molar-refractivity contribution in [2.45, 2.75) is 26.3 Å². The van der Waals surface area contributed by atoms with Crippen molar-refractivity contribution in [3.8, 4) is 0 Å². The predicted molar refractivity (Wildman–Crippen MR) is 41.0 cm³/mol. The standard InChI is InChI=1S/C7H14N2O3.K/c1-3-4(2)5(6(8)10)9-7(11)12;/h4-5,9H,3H2,1-2H3,(H2,8,10)(H,11,12);/q;+1/p-1/t4?,5-;/m0./s1. The number of nitrogens with one attached hydrogen (secondary N) is 1. The normalized spacial score (nSPS) is 13.7. The molecule has 0 aliphatic carbocycles. The molecule has 5 nitrogen and oxygen atoms in total. The van der Waals surface area contributed by atoms with Crippen molar-refractivity contribution in [1.29, 1.82) is 0 Å². The average Bonchev–Trinajstić information content (AvgIpc) is 1.98. The van der Waals surface area contributed by atoms with Gasteiger partial charge in [-0.15, -0.1) is 0 Å². The molecule has 0 radical (unpaired) electrons. The summed E-state index contributed by atoms with van der Waals surface area (Å²) in [5.74, 6) is -0.783. The Balaban J connectivity index is 0. The fourth-order valence-corrected chi connectivity index (χ4v) is 0.856. The van der Waals surface area contributed by atoms with Crippen molar-refractivity contribution in [3.63, 3.8) is 0 Å². The molecule has 0 heterocycles. The van der Waals surface area contributed by atoms with Gasteiger partial charge < -0.3 is 21.0 Å². The Labute approximate surface area is 120 Å². The third kappa shape index (κ3) is 6.45. The second-order valence-corrected chi connectivity index (χ2v) is 2.70. The van der Waals surface area contributed by atoms with Crippen LogP contribution in [0.3, 0.4) is 0 Å². The zero-order chi connectivity index (χ0) is 9.72. The molecule has 0 spiro atoms. The fourth-order valence-electron chi connectivity index (χ4n) is 0.856. The molecular weight excluding hydrogens is 199 g/mol. The molecule has 6 heteroatoms. The Bertz CT molecular complexity index is 187. The molecule has 0 rings (SSSR count). The van der Waals surface area contributed by atoms with E-state index in [1.807, 2.05) is 12.2 Å². The number of nitrogens with two attached hydrogens (primary N) is 1. The minimum atomic E-state index is -1.47. The Kier molecular flexibility index (Phi) is 9.44. The van der Waals surface area contributed by atoms with Gasteiger partial charge in [0.05, 0.1) is 0 Å². The first-order chi connectivity index (χ1) is 5.49. The van der Waals surface area contributed by atoms with E-state index < -0.39 is 18.0 Å². The molecule has 3 N–H and O–H groups in total.